The van der Waals surface area contributed by atoms with E-state index < -0.39 is 0 Å². The van der Waals surface area contributed by atoms with E-state index in [4.69, 9.17) is 14.5 Å². The highest BCUT2D eigenvalue weighted by atomic mass is 19.1. The average molecular weight is 408 g/mol. The molecule has 0 radical (unpaired) electrons. The zero-order chi connectivity index (χ0) is 20.6. The fourth-order valence-corrected chi connectivity index (χ4v) is 4.28. The summed E-state index contributed by atoms with van der Waals surface area (Å²) >= 11 is 0. The van der Waals surface area contributed by atoms with E-state index in [0.717, 1.165) is 43.9 Å². The Balaban J connectivity index is 1.73. The fraction of sp³-hybridized carbons (Fsp3) is 0.682. The SMILES string of the molecule is CCNC(=NCC1(CCO)CCOC1)NCC1(c2cccc(F)c2)CCOCC1. The van der Waals surface area contributed by atoms with Crippen LogP contribution in [0.5, 0.6) is 0 Å². The van der Waals surface area contributed by atoms with Gasteiger partial charge < -0.3 is 25.2 Å². The molecule has 1 unspecified atom stereocenters. The average Bonchev–Trinajstić information content (AvgIpc) is 3.20. The van der Waals surface area contributed by atoms with Gasteiger partial charge in [0, 0.05) is 50.3 Å². The van der Waals surface area contributed by atoms with Crippen LogP contribution in [-0.4, -0.2) is 63.7 Å². The van der Waals surface area contributed by atoms with Gasteiger partial charge in [-0.05, 0) is 50.3 Å². The topological polar surface area (TPSA) is 75.1 Å². The molecule has 3 rings (SSSR count). The molecule has 1 aromatic rings. The maximum absolute atomic E-state index is 13.9. The first-order valence-electron chi connectivity index (χ1n) is 10.7. The molecule has 3 N–H and O–H groups in total. The zero-order valence-corrected chi connectivity index (χ0v) is 17.4. The molecule has 0 spiro atoms. The summed E-state index contributed by atoms with van der Waals surface area (Å²) in [6, 6.07) is 6.91. The first kappa shape index (κ1) is 22.0. The molecule has 29 heavy (non-hydrogen) atoms. The number of guanidine groups is 1. The van der Waals surface area contributed by atoms with Gasteiger partial charge in [-0.15, -0.1) is 0 Å². The highest BCUT2D eigenvalue weighted by Crippen LogP contribution is 2.35. The smallest absolute Gasteiger partial charge is 0.191 e. The van der Waals surface area contributed by atoms with Crippen LogP contribution >= 0.6 is 0 Å². The van der Waals surface area contributed by atoms with Crippen LogP contribution in [0.2, 0.25) is 0 Å². The van der Waals surface area contributed by atoms with Gasteiger partial charge in [0.25, 0.3) is 0 Å². The Morgan fingerprint density at radius 3 is 2.62 bits per heavy atom. The molecule has 2 fully saturated rings. The number of halogens is 1. The normalized spacial score (nSPS) is 24.4. The molecule has 0 aliphatic carbocycles. The second-order valence-corrected chi connectivity index (χ2v) is 8.23. The summed E-state index contributed by atoms with van der Waals surface area (Å²) < 4.78 is 25.1. The second kappa shape index (κ2) is 10.4. The number of hydrogen-bond acceptors (Lipinski definition) is 4. The van der Waals surface area contributed by atoms with Crippen molar-refractivity contribution in [3.8, 4) is 0 Å². The lowest BCUT2D eigenvalue weighted by Crippen LogP contribution is -2.48. The maximum Gasteiger partial charge on any atom is 0.191 e. The summed E-state index contributed by atoms with van der Waals surface area (Å²) in [5.41, 5.74) is 0.733. The van der Waals surface area contributed by atoms with Crippen molar-refractivity contribution in [3.05, 3.63) is 35.6 Å². The Morgan fingerprint density at radius 1 is 1.17 bits per heavy atom. The van der Waals surface area contributed by atoms with Crippen molar-refractivity contribution in [2.75, 3.05) is 52.7 Å². The number of nitrogens with one attached hydrogen (secondary N) is 2. The van der Waals surface area contributed by atoms with Gasteiger partial charge in [-0.2, -0.15) is 0 Å². The van der Waals surface area contributed by atoms with E-state index in [0.29, 0.717) is 39.3 Å². The van der Waals surface area contributed by atoms with E-state index in [-0.39, 0.29) is 23.3 Å². The van der Waals surface area contributed by atoms with Crippen molar-refractivity contribution in [1.82, 2.24) is 10.6 Å². The molecule has 2 aliphatic rings. The molecule has 7 heteroatoms. The van der Waals surface area contributed by atoms with Crippen LogP contribution < -0.4 is 10.6 Å². The fourth-order valence-electron chi connectivity index (χ4n) is 4.28. The number of aliphatic imine (C=N–C) groups is 1. The Kier molecular flexibility index (Phi) is 7.86. The number of nitrogens with zero attached hydrogens (tertiary/aromatic N) is 1. The van der Waals surface area contributed by atoms with Gasteiger partial charge in [-0.1, -0.05) is 12.1 Å². The predicted octanol–water partition coefficient (Wildman–Crippen LogP) is 2.22. The van der Waals surface area contributed by atoms with Crippen LogP contribution in [0.25, 0.3) is 0 Å². The minimum atomic E-state index is -0.207. The first-order chi connectivity index (χ1) is 14.1. The Bertz CT molecular complexity index is 671. The Morgan fingerprint density at radius 2 is 1.97 bits per heavy atom. The summed E-state index contributed by atoms with van der Waals surface area (Å²) in [5.74, 6) is 0.542. The van der Waals surface area contributed by atoms with Gasteiger partial charge in [-0.3, -0.25) is 4.99 Å². The van der Waals surface area contributed by atoms with E-state index in [2.05, 4.69) is 10.6 Å². The lowest BCUT2D eigenvalue weighted by Gasteiger charge is -2.38. The van der Waals surface area contributed by atoms with Crippen LogP contribution in [-0.2, 0) is 14.9 Å². The molecule has 162 valence electrons. The second-order valence-electron chi connectivity index (χ2n) is 8.23. The summed E-state index contributed by atoms with van der Waals surface area (Å²) in [6.45, 7) is 6.91. The number of benzene rings is 1. The van der Waals surface area contributed by atoms with Gasteiger partial charge in [-0.25, -0.2) is 4.39 Å². The Hall–Kier alpha value is -1.70. The lowest BCUT2D eigenvalue weighted by molar-refractivity contribution is 0.0512. The molecule has 1 aromatic carbocycles. The van der Waals surface area contributed by atoms with Gasteiger partial charge in [0.05, 0.1) is 13.2 Å². The van der Waals surface area contributed by atoms with Crippen molar-refractivity contribution in [3.63, 3.8) is 0 Å². The largest absolute Gasteiger partial charge is 0.396 e. The van der Waals surface area contributed by atoms with Crippen LogP contribution in [0.1, 0.15) is 38.2 Å². The third-order valence-corrected chi connectivity index (χ3v) is 6.23. The molecule has 2 saturated heterocycles. The number of ether oxygens (including phenoxy) is 2. The van der Waals surface area contributed by atoms with Crippen molar-refractivity contribution in [2.24, 2.45) is 10.4 Å². The Labute approximate surface area is 172 Å². The summed E-state index contributed by atoms with van der Waals surface area (Å²) in [7, 11) is 0. The summed E-state index contributed by atoms with van der Waals surface area (Å²) in [5, 5.41) is 16.2. The molecule has 2 aliphatic heterocycles. The van der Waals surface area contributed by atoms with Crippen molar-refractivity contribution in [2.45, 2.75) is 38.0 Å². The van der Waals surface area contributed by atoms with E-state index in [1.54, 1.807) is 12.1 Å². The van der Waals surface area contributed by atoms with Crippen LogP contribution in [0.15, 0.2) is 29.3 Å². The number of rotatable bonds is 8. The number of hydrogen-bond donors (Lipinski definition) is 3. The maximum atomic E-state index is 13.9. The molecule has 1 atom stereocenters. The van der Waals surface area contributed by atoms with E-state index in [9.17, 15) is 9.50 Å². The van der Waals surface area contributed by atoms with Crippen molar-refractivity contribution < 1.29 is 19.0 Å². The molecule has 6 nitrogen and oxygen atoms in total. The monoisotopic (exact) mass is 407 g/mol. The van der Waals surface area contributed by atoms with Crippen LogP contribution in [0.4, 0.5) is 4.39 Å². The molecule has 0 aromatic heterocycles. The minimum Gasteiger partial charge on any atom is -0.396 e. The summed E-state index contributed by atoms with van der Waals surface area (Å²) in [6.07, 6.45) is 3.29. The predicted molar refractivity (Wildman–Crippen MR) is 112 cm³/mol. The first-order valence-corrected chi connectivity index (χ1v) is 10.7. The molecule has 2 heterocycles. The zero-order valence-electron chi connectivity index (χ0n) is 17.4. The van der Waals surface area contributed by atoms with Gasteiger partial charge in [0.2, 0.25) is 0 Å². The van der Waals surface area contributed by atoms with Crippen LogP contribution in [0.3, 0.4) is 0 Å². The van der Waals surface area contributed by atoms with Gasteiger partial charge >= 0.3 is 0 Å². The van der Waals surface area contributed by atoms with E-state index in [1.165, 1.54) is 6.07 Å². The highest BCUT2D eigenvalue weighted by Gasteiger charge is 2.36. The highest BCUT2D eigenvalue weighted by molar-refractivity contribution is 5.79. The van der Waals surface area contributed by atoms with Crippen molar-refractivity contribution >= 4 is 5.96 Å². The molecule has 0 saturated carbocycles. The van der Waals surface area contributed by atoms with Crippen LogP contribution in [0, 0.1) is 11.2 Å². The van der Waals surface area contributed by atoms with Crippen molar-refractivity contribution in [1.29, 1.82) is 0 Å². The minimum absolute atomic E-state index is 0.0873. The third-order valence-electron chi connectivity index (χ3n) is 6.23. The molecule has 0 bridgehead atoms. The molecule has 0 amide bonds. The van der Waals surface area contributed by atoms with Gasteiger partial charge in [0.15, 0.2) is 5.96 Å². The lowest BCUT2D eigenvalue weighted by atomic mass is 9.74. The van der Waals surface area contributed by atoms with E-state index in [1.807, 2.05) is 13.0 Å². The number of aliphatic hydroxyl groups excluding tert-OH is 1. The van der Waals surface area contributed by atoms with E-state index >= 15 is 0 Å². The third kappa shape index (κ3) is 5.68. The molecular formula is C22H34FN3O3. The molecular weight excluding hydrogens is 373 g/mol. The standard InChI is InChI=1S/C22H34FN3O3/c1-2-24-20(25-15-21(6-10-27)7-11-29-17-21)26-16-22(8-12-28-13-9-22)18-4-3-5-19(23)14-18/h3-5,14,27H,2,6-13,15-17H2,1H3,(H2,24,25,26). The number of aliphatic hydroxyl groups is 1. The summed E-state index contributed by atoms with van der Waals surface area (Å²) in [4.78, 5) is 4.81. The quantitative estimate of drug-likeness (QED) is 0.455. The van der Waals surface area contributed by atoms with Gasteiger partial charge in [0.1, 0.15) is 5.82 Å².